The normalized spacial score (nSPS) is 14.8. The maximum Gasteiger partial charge on any atom is 0.139 e. The third kappa shape index (κ3) is 5.65. The number of aliphatic imine (C=N–C) groups is 1. The second kappa shape index (κ2) is 7.76. The lowest BCUT2D eigenvalue weighted by molar-refractivity contribution is 0.280. The molecule has 0 aliphatic rings. The molecule has 0 aromatic heterocycles. The number of nitrogens with one attached hydrogen (secondary N) is 2. The van der Waals surface area contributed by atoms with Crippen LogP contribution in [0.15, 0.2) is 15.2 Å². The first kappa shape index (κ1) is 22.8. The number of rotatable bonds is 5. The molecule has 0 atom stereocenters. The van der Waals surface area contributed by atoms with Crippen LogP contribution in [-0.4, -0.2) is 48.6 Å². The van der Waals surface area contributed by atoms with Gasteiger partial charge in [-0.15, -0.1) is 10.2 Å². The van der Waals surface area contributed by atoms with Crippen LogP contribution in [-0.2, 0) is 0 Å². The molecule has 0 aliphatic carbocycles. The lowest BCUT2D eigenvalue weighted by atomic mass is 9.66. The monoisotopic (exact) mass is 350 g/mol. The van der Waals surface area contributed by atoms with Crippen LogP contribution in [0.4, 0.5) is 0 Å². The molecule has 0 bridgehead atoms. The van der Waals surface area contributed by atoms with Crippen molar-refractivity contribution in [2.24, 2.45) is 42.9 Å². The predicted molar refractivity (Wildman–Crippen MR) is 108 cm³/mol. The number of amidine groups is 4. The van der Waals surface area contributed by atoms with Crippen molar-refractivity contribution in [1.29, 1.82) is 10.8 Å². The Morgan fingerprint density at radius 1 is 0.840 bits per heavy atom. The average Bonchev–Trinajstić information content (AvgIpc) is 2.47. The van der Waals surface area contributed by atoms with Crippen LogP contribution in [0.5, 0.6) is 0 Å². The summed E-state index contributed by atoms with van der Waals surface area (Å²) < 4.78 is 0. The molecular weight excluding hydrogens is 316 g/mol. The average molecular weight is 351 g/mol. The van der Waals surface area contributed by atoms with Crippen molar-refractivity contribution in [1.82, 2.24) is 4.90 Å². The van der Waals surface area contributed by atoms with Crippen LogP contribution in [0.1, 0.15) is 48.5 Å². The zero-order valence-corrected chi connectivity index (χ0v) is 17.0. The Balaban J connectivity index is 5.59. The van der Waals surface area contributed by atoms with Gasteiger partial charge in [0.2, 0.25) is 0 Å². The molecule has 25 heavy (non-hydrogen) atoms. The Morgan fingerprint density at radius 2 is 1.28 bits per heavy atom. The Morgan fingerprint density at radius 3 is 1.68 bits per heavy atom. The lowest BCUT2D eigenvalue weighted by Crippen LogP contribution is -2.47. The smallest absolute Gasteiger partial charge is 0.139 e. The van der Waals surface area contributed by atoms with Crippen molar-refractivity contribution in [3.8, 4) is 0 Å². The molecule has 142 valence electrons. The molecule has 0 heterocycles. The van der Waals surface area contributed by atoms with Crippen LogP contribution < -0.4 is 11.5 Å². The summed E-state index contributed by atoms with van der Waals surface area (Å²) in [6, 6.07) is 0. The van der Waals surface area contributed by atoms with E-state index in [0.717, 1.165) is 0 Å². The van der Waals surface area contributed by atoms with Crippen molar-refractivity contribution >= 4 is 29.6 Å². The number of nitrogens with zero attached hydrogens (tertiary/aromatic N) is 4. The van der Waals surface area contributed by atoms with Crippen LogP contribution in [0.3, 0.4) is 0 Å². The van der Waals surface area contributed by atoms with E-state index in [-0.39, 0.29) is 22.9 Å². The Kier molecular flexibility index (Phi) is 7.06. The molecule has 0 aromatic rings. The van der Waals surface area contributed by atoms with Crippen molar-refractivity contribution in [2.75, 3.05) is 14.1 Å². The maximum atomic E-state index is 8.31. The summed E-state index contributed by atoms with van der Waals surface area (Å²) in [5.74, 6) is 0.974. The van der Waals surface area contributed by atoms with Gasteiger partial charge in [0.25, 0.3) is 0 Å². The zero-order chi connectivity index (χ0) is 20.2. The SMILES string of the molecule is CN(C)C(=N)C=NC(=N)C(C)(C)C(C)(C)/C(N)=N/N=C(\N)C(C)(C)C. The number of hydrogen-bond donors (Lipinski definition) is 4. The van der Waals surface area contributed by atoms with Crippen LogP contribution in [0, 0.1) is 27.1 Å². The van der Waals surface area contributed by atoms with Crippen molar-refractivity contribution in [2.45, 2.75) is 48.5 Å². The second-order valence-corrected chi connectivity index (χ2v) is 8.36. The van der Waals surface area contributed by atoms with Gasteiger partial charge in [0.05, 0.1) is 6.21 Å². The Hall–Kier alpha value is -2.25. The summed E-state index contributed by atoms with van der Waals surface area (Å²) >= 11 is 0. The van der Waals surface area contributed by atoms with Crippen LogP contribution in [0.2, 0.25) is 0 Å². The first-order valence-corrected chi connectivity index (χ1v) is 8.11. The molecule has 0 aromatic carbocycles. The van der Waals surface area contributed by atoms with Gasteiger partial charge in [0, 0.05) is 30.3 Å². The first-order valence-electron chi connectivity index (χ1n) is 8.11. The van der Waals surface area contributed by atoms with Gasteiger partial charge in [0.1, 0.15) is 23.3 Å². The molecule has 8 nitrogen and oxygen atoms in total. The molecule has 0 rings (SSSR count). The summed E-state index contributed by atoms with van der Waals surface area (Å²) in [7, 11) is 3.49. The lowest BCUT2D eigenvalue weighted by Gasteiger charge is -2.39. The van der Waals surface area contributed by atoms with Gasteiger partial charge < -0.3 is 16.4 Å². The minimum absolute atomic E-state index is 0.107. The van der Waals surface area contributed by atoms with E-state index < -0.39 is 10.8 Å². The molecule has 0 aliphatic heterocycles. The highest BCUT2D eigenvalue weighted by molar-refractivity contribution is 6.29. The highest BCUT2D eigenvalue weighted by atomic mass is 15.3. The molecule has 0 amide bonds. The van der Waals surface area contributed by atoms with Gasteiger partial charge >= 0.3 is 0 Å². The molecule has 8 heteroatoms. The molecule has 0 unspecified atom stereocenters. The summed E-state index contributed by atoms with van der Waals surface area (Å²) in [5, 5.41) is 24.2. The maximum absolute atomic E-state index is 8.31. The van der Waals surface area contributed by atoms with Gasteiger partial charge in [0.15, 0.2) is 0 Å². The van der Waals surface area contributed by atoms with E-state index in [9.17, 15) is 0 Å². The summed E-state index contributed by atoms with van der Waals surface area (Å²) in [5.41, 5.74) is 10.4. The summed E-state index contributed by atoms with van der Waals surface area (Å²) in [6.07, 6.45) is 1.35. The third-order valence-corrected chi connectivity index (χ3v) is 4.63. The summed E-state index contributed by atoms with van der Waals surface area (Å²) in [4.78, 5) is 5.73. The highest BCUT2D eigenvalue weighted by Crippen LogP contribution is 2.40. The van der Waals surface area contributed by atoms with Crippen LogP contribution >= 0.6 is 0 Å². The molecule has 0 fully saturated rings. The molecule has 0 saturated carbocycles. The Labute approximate surface area is 151 Å². The predicted octanol–water partition coefficient (Wildman–Crippen LogP) is 2.30. The molecular formula is C17H34N8. The van der Waals surface area contributed by atoms with E-state index in [1.54, 1.807) is 19.0 Å². The molecule has 0 saturated heterocycles. The minimum Gasteiger partial charge on any atom is -0.385 e. The van der Waals surface area contributed by atoms with Gasteiger partial charge in [-0.1, -0.05) is 48.5 Å². The molecule has 0 spiro atoms. The fourth-order valence-electron chi connectivity index (χ4n) is 1.40. The van der Waals surface area contributed by atoms with Crippen molar-refractivity contribution in [3.05, 3.63) is 0 Å². The summed E-state index contributed by atoms with van der Waals surface area (Å²) in [6.45, 7) is 13.3. The zero-order valence-electron chi connectivity index (χ0n) is 17.0. The van der Waals surface area contributed by atoms with E-state index in [4.69, 9.17) is 22.3 Å². The van der Waals surface area contributed by atoms with E-state index in [2.05, 4.69) is 15.2 Å². The Bertz CT molecular complexity index is 601. The number of nitrogens with two attached hydrogens (primary N) is 2. The highest BCUT2D eigenvalue weighted by Gasteiger charge is 2.44. The van der Waals surface area contributed by atoms with Crippen molar-refractivity contribution < 1.29 is 0 Å². The van der Waals surface area contributed by atoms with E-state index in [0.29, 0.717) is 5.84 Å². The standard InChI is InChI=1S/C17H34N8/c1-15(2,3)12(19)23-24-14(21)17(6,7)16(4,5)13(20)22-10-11(18)25(8)9/h10,18,20H,1-9H3,(H2,19,23)(H2,21,24). The second-order valence-electron chi connectivity index (χ2n) is 8.36. The third-order valence-electron chi connectivity index (χ3n) is 4.63. The van der Waals surface area contributed by atoms with E-state index in [1.165, 1.54) is 6.21 Å². The van der Waals surface area contributed by atoms with E-state index >= 15 is 0 Å². The van der Waals surface area contributed by atoms with Crippen molar-refractivity contribution in [3.63, 3.8) is 0 Å². The molecule has 0 radical (unpaired) electrons. The fraction of sp³-hybridized carbons (Fsp3) is 0.706. The topological polar surface area (TPSA) is 140 Å². The van der Waals surface area contributed by atoms with Gasteiger partial charge in [-0.25, -0.2) is 4.99 Å². The quantitative estimate of drug-likeness (QED) is 0.343. The van der Waals surface area contributed by atoms with Gasteiger partial charge in [-0.05, 0) is 0 Å². The first-order chi connectivity index (χ1) is 11.0. The van der Waals surface area contributed by atoms with Gasteiger partial charge in [-0.2, -0.15) is 0 Å². The number of hydrogen-bond acceptors (Lipinski definition) is 4. The minimum atomic E-state index is -0.726. The molecule has 6 N–H and O–H groups in total. The van der Waals surface area contributed by atoms with Crippen LogP contribution in [0.25, 0.3) is 0 Å². The van der Waals surface area contributed by atoms with E-state index in [1.807, 2.05) is 48.5 Å². The fourth-order valence-corrected chi connectivity index (χ4v) is 1.40. The van der Waals surface area contributed by atoms with Gasteiger partial charge in [-0.3, -0.25) is 10.8 Å². The largest absolute Gasteiger partial charge is 0.385 e.